The Balaban J connectivity index is 1.76. The summed E-state index contributed by atoms with van der Waals surface area (Å²) >= 11 is 3.24. The number of aromatic nitrogens is 2. The molecule has 3 aromatic rings. The molecule has 2 aromatic carbocycles. The van der Waals surface area contributed by atoms with Crippen molar-refractivity contribution < 1.29 is 18.7 Å². The van der Waals surface area contributed by atoms with Gasteiger partial charge in [-0.1, -0.05) is 15.9 Å². The highest BCUT2D eigenvalue weighted by Gasteiger charge is 2.22. The van der Waals surface area contributed by atoms with Crippen LogP contribution in [-0.4, -0.2) is 40.4 Å². The molecule has 1 atom stereocenters. The molecule has 150 valence electrons. The largest absolute Gasteiger partial charge is 0.487 e. The van der Waals surface area contributed by atoms with Crippen molar-refractivity contribution in [2.75, 3.05) is 23.9 Å². The number of hydrogen-bond acceptors (Lipinski definition) is 6. The minimum Gasteiger partial charge on any atom is -0.487 e. The summed E-state index contributed by atoms with van der Waals surface area (Å²) in [6, 6.07) is 8.23. The first-order valence-corrected chi connectivity index (χ1v) is 10.3. The second-order valence-corrected chi connectivity index (χ2v) is 7.40. The standard InChI is InChI=1S/C21H19BrFN3O3/c1-12-6-13(2-3-17(12)23)26-21-15-7-16(19(27)9-22)20(8-18(15)24-11-25-21)29-14-4-5-28-10-14/h2-3,6-8,11,14H,4-5,9-10H2,1H3,(H,24,25,26). The average molecular weight is 460 g/mol. The zero-order valence-electron chi connectivity index (χ0n) is 15.7. The zero-order valence-corrected chi connectivity index (χ0v) is 17.3. The Morgan fingerprint density at radius 1 is 1.34 bits per heavy atom. The summed E-state index contributed by atoms with van der Waals surface area (Å²) in [7, 11) is 0. The molecule has 1 aromatic heterocycles. The number of carbonyl (C=O) groups is 1. The number of halogens is 2. The van der Waals surface area contributed by atoms with E-state index in [0.29, 0.717) is 52.5 Å². The number of anilines is 2. The van der Waals surface area contributed by atoms with Gasteiger partial charge in [0.15, 0.2) is 5.78 Å². The van der Waals surface area contributed by atoms with Crippen LogP contribution in [0.2, 0.25) is 0 Å². The van der Waals surface area contributed by atoms with Crippen molar-refractivity contribution in [3.05, 3.63) is 53.6 Å². The number of Topliss-reactive ketones (excluding diaryl/α,β-unsaturated/α-hetero) is 1. The van der Waals surface area contributed by atoms with E-state index in [1.54, 1.807) is 31.2 Å². The maximum absolute atomic E-state index is 13.6. The molecule has 4 rings (SSSR count). The molecule has 0 saturated carbocycles. The summed E-state index contributed by atoms with van der Waals surface area (Å²) in [5, 5.41) is 4.04. The molecule has 1 N–H and O–H groups in total. The van der Waals surface area contributed by atoms with Gasteiger partial charge in [0.2, 0.25) is 0 Å². The smallest absolute Gasteiger partial charge is 0.177 e. The lowest BCUT2D eigenvalue weighted by atomic mass is 10.1. The summed E-state index contributed by atoms with van der Waals surface area (Å²) in [4.78, 5) is 21.2. The third-order valence-electron chi connectivity index (χ3n) is 4.76. The normalized spacial score (nSPS) is 16.2. The van der Waals surface area contributed by atoms with Crippen LogP contribution in [0.15, 0.2) is 36.7 Å². The lowest BCUT2D eigenvalue weighted by molar-refractivity contribution is 0.101. The van der Waals surface area contributed by atoms with Crippen molar-refractivity contribution in [2.45, 2.75) is 19.4 Å². The summed E-state index contributed by atoms with van der Waals surface area (Å²) in [5.74, 6) is 0.638. The lowest BCUT2D eigenvalue weighted by Crippen LogP contribution is -2.18. The first-order valence-electron chi connectivity index (χ1n) is 9.20. The summed E-state index contributed by atoms with van der Waals surface area (Å²) in [6.07, 6.45) is 2.13. The van der Waals surface area contributed by atoms with Crippen LogP contribution in [0.25, 0.3) is 10.9 Å². The van der Waals surface area contributed by atoms with Gasteiger partial charge >= 0.3 is 0 Å². The molecule has 0 amide bonds. The quantitative estimate of drug-likeness (QED) is 0.430. The van der Waals surface area contributed by atoms with Gasteiger partial charge in [0.25, 0.3) is 0 Å². The van der Waals surface area contributed by atoms with E-state index in [0.717, 1.165) is 6.42 Å². The van der Waals surface area contributed by atoms with Gasteiger partial charge in [-0.15, -0.1) is 0 Å². The van der Waals surface area contributed by atoms with E-state index in [4.69, 9.17) is 9.47 Å². The van der Waals surface area contributed by atoms with Gasteiger partial charge < -0.3 is 14.8 Å². The lowest BCUT2D eigenvalue weighted by Gasteiger charge is -2.16. The minimum atomic E-state index is -0.272. The van der Waals surface area contributed by atoms with E-state index in [9.17, 15) is 9.18 Å². The molecule has 1 saturated heterocycles. The topological polar surface area (TPSA) is 73.3 Å². The van der Waals surface area contributed by atoms with E-state index >= 15 is 0 Å². The van der Waals surface area contributed by atoms with Gasteiger partial charge in [-0.05, 0) is 36.8 Å². The van der Waals surface area contributed by atoms with Crippen molar-refractivity contribution in [3.8, 4) is 5.75 Å². The number of carbonyl (C=O) groups excluding carboxylic acids is 1. The number of aryl methyl sites for hydroxylation is 1. The van der Waals surface area contributed by atoms with Gasteiger partial charge in [0, 0.05) is 23.6 Å². The van der Waals surface area contributed by atoms with Crippen LogP contribution in [0.5, 0.6) is 5.75 Å². The van der Waals surface area contributed by atoms with Crippen LogP contribution >= 0.6 is 15.9 Å². The molecule has 0 spiro atoms. The van der Waals surface area contributed by atoms with Crippen molar-refractivity contribution in [1.82, 2.24) is 9.97 Å². The number of nitrogens with one attached hydrogen (secondary N) is 1. The van der Waals surface area contributed by atoms with Crippen LogP contribution < -0.4 is 10.1 Å². The number of benzene rings is 2. The fourth-order valence-electron chi connectivity index (χ4n) is 3.22. The molecule has 1 unspecified atom stereocenters. The molecule has 8 heteroatoms. The molecule has 29 heavy (non-hydrogen) atoms. The van der Waals surface area contributed by atoms with Crippen molar-refractivity contribution in [1.29, 1.82) is 0 Å². The summed E-state index contributed by atoms with van der Waals surface area (Å²) in [5.41, 5.74) is 2.31. The predicted octanol–water partition coefficient (Wildman–Crippen LogP) is 4.57. The predicted molar refractivity (Wildman–Crippen MR) is 112 cm³/mol. The molecular formula is C21H19BrFN3O3. The monoisotopic (exact) mass is 459 g/mol. The number of ether oxygens (including phenoxy) is 2. The Hall–Kier alpha value is -2.58. The first kappa shape index (κ1) is 19.7. The second-order valence-electron chi connectivity index (χ2n) is 6.84. The Labute approximate surface area is 175 Å². The Morgan fingerprint density at radius 2 is 2.21 bits per heavy atom. The molecule has 1 aliphatic rings. The van der Waals surface area contributed by atoms with Gasteiger partial charge in [-0.25, -0.2) is 14.4 Å². The van der Waals surface area contributed by atoms with Crippen molar-refractivity contribution in [2.24, 2.45) is 0 Å². The van der Waals surface area contributed by atoms with E-state index in [1.807, 2.05) is 0 Å². The molecule has 1 fully saturated rings. The molecular weight excluding hydrogens is 441 g/mol. The summed E-state index contributed by atoms with van der Waals surface area (Å²) < 4.78 is 25.0. The van der Waals surface area contributed by atoms with E-state index in [-0.39, 0.29) is 23.0 Å². The van der Waals surface area contributed by atoms with E-state index in [1.165, 1.54) is 12.4 Å². The molecule has 2 heterocycles. The van der Waals surface area contributed by atoms with Crippen LogP contribution in [0, 0.1) is 12.7 Å². The third-order valence-corrected chi connectivity index (χ3v) is 5.27. The minimum absolute atomic E-state index is 0.0871. The number of nitrogens with zero attached hydrogens (tertiary/aromatic N) is 2. The fourth-order valence-corrected chi connectivity index (χ4v) is 3.52. The van der Waals surface area contributed by atoms with Gasteiger partial charge in [0.1, 0.15) is 29.8 Å². The second kappa shape index (κ2) is 8.42. The molecule has 0 radical (unpaired) electrons. The molecule has 0 bridgehead atoms. The fraction of sp³-hybridized carbons (Fsp3) is 0.286. The number of rotatable bonds is 6. The van der Waals surface area contributed by atoms with Gasteiger partial charge in [-0.3, -0.25) is 4.79 Å². The summed E-state index contributed by atoms with van der Waals surface area (Å²) in [6.45, 7) is 2.84. The highest BCUT2D eigenvalue weighted by molar-refractivity contribution is 9.09. The SMILES string of the molecule is Cc1cc(Nc2ncnc3cc(OC4CCOC4)c(C(=O)CBr)cc23)ccc1F. The highest BCUT2D eigenvalue weighted by atomic mass is 79.9. The van der Waals surface area contributed by atoms with Crippen LogP contribution in [0.3, 0.4) is 0 Å². The van der Waals surface area contributed by atoms with Gasteiger partial charge in [0.05, 0.1) is 29.6 Å². The van der Waals surface area contributed by atoms with Crippen LogP contribution in [-0.2, 0) is 4.74 Å². The number of hydrogen-bond donors (Lipinski definition) is 1. The molecule has 1 aliphatic heterocycles. The number of ketones is 1. The first-order chi connectivity index (χ1) is 14.0. The zero-order chi connectivity index (χ0) is 20.4. The Bertz CT molecular complexity index is 1070. The van der Waals surface area contributed by atoms with Gasteiger partial charge in [-0.2, -0.15) is 0 Å². The van der Waals surface area contributed by atoms with Crippen LogP contribution in [0.4, 0.5) is 15.9 Å². The third kappa shape index (κ3) is 4.23. The molecule has 6 nitrogen and oxygen atoms in total. The molecule has 0 aliphatic carbocycles. The maximum atomic E-state index is 13.6. The Morgan fingerprint density at radius 3 is 2.93 bits per heavy atom. The Kier molecular flexibility index (Phi) is 5.73. The maximum Gasteiger partial charge on any atom is 0.177 e. The number of alkyl halides is 1. The van der Waals surface area contributed by atoms with E-state index < -0.39 is 0 Å². The van der Waals surface area contributed by atoms with Crippen molar-refractivity contribution in [3.63, 3.8) is 0 Å². The van der Waals surface area contributed by atoms with E-state index in [2.05, 4.69) is 31.2 Å². The number of fused-ring (bicyclic) bond motifs is 1. The van der Waals surface area contributed by atoms with Crippen molar-refractivity contribution >= 4 is 44.1 Å². The average Bonchev–Trinajstić information content (AvgIpc) is 3.23. The highest BCUT2D eigenvalue weighted by Crippen LogP contribution is 2.32. The van der Waals surface area contributed by atoms with Crippen LogP contribution in [0.1, 0.15) is 22.3 Å².